The number of halogens is 3. The third-order valence-corrected chi connectivity index (χ3v) is 6.87. The molecule has 4 aromatic rings. The number of carbonyl (C=O) groups excluding carboxylic acids is 1. The first-order valence-corrected chi connectivity index (χ1v) is 12.9. The maximum Gasteiger partial charge on any atom is 0.416 e. The third kappa shape index (κ3) is 5.91. The number of H-pyrrole nitrogens is 1. The second-order valence-corrected chi connectivity index (χ2v) is 9.44. The average Bonchev–Trinajstić information content (AvgIpc) is 3.49. The zero-order valence-electron chi connectivity index (χ0n) is 22.1. The Balaban J connectivity index is 1.45. The first-order chi connectivity index (χ1) is 19.2. The van der Waals surface area contributed by atoms with E-state index in [9.17, 15) is 18.0 Å². The normalized spacial score (nSPS) is 14.3. The fourth-order valence-corrected chi connectivity index (χ4v) is 4.62. The smallest absolute Gasteiger partial charge is 0.354 e. The number of aromatic amines is 1. The van der Waals surface area contributed by atoms with Gasteiger partial charge in [-0.15, -0.1) is 0 Å². The molecule has 1 saturated heterocycles. The standard InChI is InChI=1S/C28H29F3N8O/c1-3-37-11-13-38(14-12-37)24-17-25(35-18-34-24)39(27-32-9-10-33-27)23-16-22(8-7-19(23)2)36-26(40)20-5-4-6-21(15-20)28(29,30)31/h4-10,15-18H,3,11-14H2,1-2H3,(H,32,33)(H,36,40). The number of nitrogens with one attached hydrogen (secondary N) is 2. The van der Waals surface area contributed by atoms with Crippen LogP contribution in [0.2, 0.25) is 0 Å². The van der Waals surface area contributed by atoms with Gasteiger partial charge in [0.05, 0.1) is 11.3 Å². The van der Waals surface area contributed by atoms with E-state index in [-0.39, 0.29) is 5.56 Å². The lowest BCUT2D eigenvalue weighted by Gasteiger charge is -2.35. The summed E-state index contributed by atoms with van der Waals surface area (Å²) in [6.45, 7) is 8.67. The van der Waals surface area contributed by atoms with E-state index in [4.69, 9.17) is 0 Å². The molecule has 40 heavy (non-hydrogen) atoms. The van der Waals surface area contributed by atoms with Gasteiger partial charge in [0.25, 0.3) is 5.91 Å². The van der Waals surface area contributed by atoms with Crippen LogP contribution in [0.3, 0.4) is 0 Å². The minimum Gasteiger partial charge on any atom is -0.354 e. The molecule has 9 nitrogen and oxygen atoms in total. The van der Waals surface area contributed by atoms with Gasteiger partial charge in [0.15, 0.2) is 0 Å². The number of aryl methyl sites for hydroxylation is 1. The fraction of sp³-hybridized carbons (Fsp3) is 0.286. The third-order valence-electron chi connectivity index (χ3n) is 6.87. The van der Waals surface area contributed by atoms with E-state index in [0.29, 0.717) is 23.1 Å². The van der Waals surface area contributed by atoms with Crippen LogP contribution in [0.25, 0.3) is 0 Å². The number of aromatic nitrogens is 4. The van der Waals surface area contributed by atoms with E-state index in [1.165, 1.54) is 18.5 Å². The number of rotatable bonds is 7. The average molecular weight is 551 g/mol. The number of piperazine rings is 1. The van der Waals surface area contributed by atoms with E-state index < -0.39 is 17.6 Å². The van der Waals surface area contributed by atoms with Gasteiger partial charge in [-0.05, 0) is 49.4 Å². The summed E-state index contributed by atoms with van der Waals surface area (Å²) in [5, 5.41) is 2.72. The predicted octanol–water partition coefficient (Wildman–Crippen LogP) is 5.39. The quantitative estimate of drug-likeness (QED) is 0.319. The Kier molecular flexibility index (Phi) is 7.69. The minimum absolute atomic E-state index is 0.0940. The van der Waals surface area contributed by atoms with Crippen LogP contribution in [0.4, 0.5) is 42.1 Å². The van der Waals surface area contributed by atoms with Crippen molar-refractivity contribution in [3.63, 3.8) is 0 Å². The topological polar surface area (TPSA) is 93.3 Å². The van der Waals surface area contributed by atoms with Gasteiger partial charge in [-0.2, -0.15) is 13.2 Å². The molecule has 2 N–H and O–H groups in total. The summed E-state index contributed by atoms with van der Waals surface area (Å²) >= 11 is 0. The number of alkyl halides is 3. The molecule has 0 saturated carbocycles. The van der Waals surface area contributed by atoms with E-state index >= 15 is 0 Å². The van der Waals surface area contributed by atoms with E-state index in [1.807, 2.05) is 24.0 Å². The largest absolute Gasteiger partial charge is 0.416 e. The van der Waals surface area contributed by atoms with Gasteiger partial charge in [-0.1, -0.05) is 19.1 Å². The molecule has 0 atom stereocenters. The van der Waals surface area contributed by atoms with Crippen molar-refractivity contribution in [2.24, 2.45) is 0 Å². The highest BCUT2D eigenvalue weighted by molar-refractivity contribution is 6.04. The minimum atomic E-state index is -4.54. The van der Waals surface area contributed by atoms with E-state index in [1.54, 1.807) is 24.5 Å². The highest BCUT2D eigenvalue weighted by atomic mass is 19.4. The molecule has 0 aliphatic carbocycles. The molecule has 1 aliphatic heterocycles. The van der Waals surface area contributed by atoms with Crippen molar-refractivity contribution >= 4 is 34.9 Å². The molecule has 2 aromatic carbocycles. The van der Waals surface area contributed by atoms with Crippen molar-refractivity contribution in [3.05, 3.63) is 83.9 Å². The Bertz CT molecular complexity index is 1470. The fourth-order valence-electron chi connectivity index (χ4n) is 4.62. The number of imidazole rings is 1. The van der Waals surface area contributed by atoms with Crippen molar-refractivity contribution in [1.82, 2.24) is 24.8 Å². The molecular formula is C28H29F3N8O. The van der Waals surface area contributed by atoms with Crippen LogP contribution in [0.15, 0.2) is 67.3 Å². The summed E-state index contributed by atoms with van der Waals surface area (Å²) in [4.78, 5) is 35.9. The second-order valence-electron chi connectivity index (χ2n) is 9.44. The van der Waals surface area contributed by atoms with Crippen LogP contribution < -0.4 is 15.1 Å². The van der Waals surface area contributed by atoms with Crippen LogP contribution in [-0.4, -0.2) is 63.5 Å². The molecule has 208 valence electrons. The van der Waals surface area contributed by atoms with Crippen LogP contribution in [-0.2, 0) is 6.18 Å². The lowest BCUT2D eigenvalue weighted by molar-refractivity contribution is -0.137. The van der Waals surface area contributed by atoms with Crippen LogP contribution >= 0.6 is 0 Å². The Morgan fingerprint density at radius 2 is 1.85 bits per heavy atom. The second kappa shape index (κ2) is 11.3. The number of likely N-dealkylation sites (N-methyl/N-ethyl adjacent to an activating group) is 1. The van der Waals surface area contributed by atoms with Gasteiger partial charge in [-0.3, -0.25) is 9.69 Å². The number of hydrogen-bond acceptors (Lipinski definition) is 7. The number of anilines is 5. The summed E-state index contributed by atoms with van der Waals surface area (Å²) in [6.07, 6.45) is 0.296. The molecule has 2 aromatic heterocycles. The maximum atomic E-state index is 13.2. The Morgan fingerprint density at radius 3 is 2.55 bits per heavy atom. The highest BCUT2D eigenvalue weighted by Crippen LogP contribution is 2.36. The van der Waals surface area contributed by atoms with Crippen molar-refractivity contribution in [1.29, 1.82) is 0 Å². The van der Waals surface area contributed by atoms with Crippen molar-refractivity contribution in [2.45, 2.75) is 20.0 Å². The first kappa shape index (κ1) is 27.1. The maximum absolute atomic E-state index is 13.2. The highest BCUT2D eigenvalue weighted by Gasteiger charge is 2.31. The lowest BCUT2D eigenvalue weighted by atomic mass is 10.1. The molecule has 12 heteroatoms. The van der Waals surface area contributed by atoms with Gasteiger partial charge < -0.3 is 20.1 Å². The molecule has 0 bridgehead atoms. The van der Waals surface area contributed by atoms with Gasteiger partial charge in [-0.25, -0.2) is 15.0 Å². The van der Waals surface area contributed by atoms with Crippen LogP contribution in [0.5, 0.6) is 0 Å². The summed E-state index contributed by atoms with van der Waals surface area (Å²) in [5.41, 5.74) is 0.972. The summed E-state index contributed by atoms with van der Waals surface area (Å²) < 4.78 is 39.5. The SMILES string of the molecule is CCN1CCN(c2cc(N(c3ncc[nH]3)c3cc(NC(=O)c4cccc(C(F)(F)F)c4)ccc3C)ncn2)CC1. The molecule has 0 spiro atoms. The van der Waals surface area contributed by atoms with Gasteiger partial charge in [0, 0.05) is 55.9 Å². The predicted molar refractivity (Wildman–Crippen MR) is 147 cm³/mol. The van der Waals surface area contributed by atoms with Gasteiger partial charge in [0.1, 0.15) is 18.0 Å². The molecule has 1 fully saturated rings. The van der Waals surface area contributed by atoms with Crippen molar-refractivity contribution < 1.29 is 18.0 Å². The van der Waals surface area contributed by atoms with Gasteiger partial charge >= 0.3 is 6.18 Å². The van der Waals surface area contributed by atoms with E-state index in [2.05, 4.69) is 42.0 Å². The van der Waals surface area contributed by atoms with E-state index in [0.717, 1.165) is 56.2 Å². The molecule has 0 radical (unpaired) electrons. The van der Waals surface area contributed by atoms with Crippen LogP contribution in [0, 0.1) is 6.92 Å². The molecule has 1 amide bonds. The number of carbonyl (C=O) groups is 1. The molecule has 1 aliphatic rings. The van der Waals surface area contributed by atoms with Gasteiger partial charge in [0.2, 0.25) is 5.95 Å². The first-order valence-electron chi connectivity index (χ1n) is 12.9. The monoisotopic (exact) mass is 550 g/mol. The number of benzene rings is 2. The summed E-state index contributed by atoms with van der Waals surface area (Å²) in [7, 11) is 0. The Morgan fingerprint density at radius 1 is 1.05 bits per heavy atom. The number of nitrogens with zero attached hydrogens (tertiary/aromatic N) is 6. The zero-order chi connectivity index (χ0) is 28.3. The molecule has 3 heterocycles. The van der Waals surface area contributed by atoms with Crippen molar-refractivity contribution in [2.75, 3.05) is 47.8 Å². The Hall–Kier alpha value is -4.45. The zero-order valence-corrected chi connectivity index (χ0v) is 22.1. The van der Waals surface area contributed by atoms with Crippen LogP contribution in [0.1, 0.15) is 28.4 Å². The van der Waals surface area contributed by atoms with Crippen molar-refractivity contribution in [3.8, 4) is 0 Å². The summed E-state index contributed by atoms with van der Waals surface area (Å²) in [6, 6.07) is 11.5. The molecule has 5 rings (SSSR count). The summed E-state index contributed by atoms with van der Waals surface area (Å²) in [5.74, 6) is 1.22. The Labute approximate surface area is 229 Å². The molecule has 0 unspecified atom stereocenters. The lowest BCUT2D eigenvalue weighted by Crippen LogP contribution is -2.46. The molecular weight excluding hydrogens is 521 g/mol. The number of hydrogen-bond donors (Lipinski definition) is 2. The number of amides is 1.